The summed E-state index contributed by atoms with van der Waals surface area (Å²) >= 11 is 1.51. The molecule has 0 aliphatic rings. The molecule has 0 fully saturated rings. The van der Waals surface area contributed by atoms with E-state index in [9.17, 15) is 4.79 Å². The van der Waals surface area contributed by atoms with Gasteiger partial charge in [-0.3, -0.25) is 0 Å². The molecule has 0 N–H and O–H groups in total. The Balaban J connectivity index is 1.64. The van der Waals surface area contributed by atoms with Crippen molar-refractivity contribution in [1.82, 2.24) is 25.4 Å². The van der Waals surface area contributed by atoms with Crippen LogP contribution in [0.5, 0.6) is 0 Å². The predicted molar refractivity (Wildman–Crippen MR) is 94.5 cm³/mol. The highest BCUT2D eigenvalue weighted by Gasteiger charge is 2.15. The molecule has 0 aliphatic heterocycles. The molecule has 3 aromatic rings. The Morgan fingerprint density at radius 3 is 2.96 bits per heavy atom. The van der Waals surface area contributed by atoms with E-state index in [0.29, 0.717) is 23.7 Å². The maximum Gasteiger partial charge on any atom is 0.339 e. The molecule has 2 heterocycles. The lowest BCUT2D eigenvalue weighted by atomic mass is 10.2. The van der Waals surface area contributed by atoms with E-state index in [-0.39, 0.29) is 6.61 Å². The van der Waals surface area contributed by atoms with Crippen molar-refractivity contribution in [3.8, 4) is 0 Å². The number of hydrogen-bond donors (Lipinski definition) is 0. The van der Waals surface area contributed by atoms with Crippen molar-refractivity contribution in [1.29, 1.82) is 0 Å². The highest BCUT2D eigenvalue weighted by molar-refractivity contribution is 7.98. The fraction of sp³-hybridized carbons (Fsp3) is 0.353. The number of carbonyl (C=O) groups is 1. The molecule has 0 amide bonds. The van der Waals surface area contributed by atoms with E-state index >= 15 is 0 Å². The van der Waals surface area contributed by atoms with Gasteiger partial charge in [0.2, 0.25) is 0 Å². The van der Waals surface area contributed by atoms with Gasteiger partial charge in [-0.05, 0) is 35.9 Å². The predicted octanol–water partition coefficient (Wildman–Crippen LogP) is 3.03. The number of rotatable bonds is 8. The number of tetrazole rings is 1. The smallest absolute Gasteiger partial charge is 0.339 e. The van der Waals surface area contributed by atoms with Crippen molar-refractivity contribution in [2.45, 2.75) is 44.1 Å². The molecule has 136 valence electrons. The summed E-state index contributed by atoms with van der Waals surface area (Å²) in [5, 5.41) is 15.4. The van der Waals surface area contributed by atoms with Crippen LogP contribution in [0, 0.1) is 6.92 Å². The number of aryl methyl sites for hydroxylation is 2. The number of nitrogens with zero attached hydrogens (tertiary/aromatic N) is 5. The van der Waals surface area contributed by atoms with Crippen molar-refractivity contribution in [2.75, 3.05) is 0 Å². The first-order valence-electron chi connectivity index (χ1n) is 8.23. The number of thioether (sulfide) groups is 1. The third kappa shape index (κ3) is 4.48. The maximum atomic E-state index is 12.5. The number of esters is 1. The van der Waals surface area contributed by atoms with Crippen LogP contribution < -0.4 is 0 Å². The maximum absolute atomic E-state index is 12.5. The first-order valence-corrected chi connectivity index (χ1v) is 9.22. The highest BCUT2D eigenvalue weighted by Crippen LogP contribution is 2.26. The topological polar surface area (TPSA) is 95.9 Å². The van der Waals surface area contributed by atoms with Gasteiger partial charge in [0.15, 0.2) is 12.4 Å². The van der Waals surface area contributed by atoms with Gasteiger partial charge in [-0.25, -0.2) is 9.48 Å². The van der Waals surface area contributed by atoms with Gasteiger partial charge < -0.3 is 9.26 Å². The average Bonchev–Trinajstić information content (AvgIpc) is 3.27. The Bertz CT molecular complexity index is 877. The van der Waals surface area contributed by atoms with Gasteiger partial charge in [-0.2, -0.15) is 0 Å². The second-order valence-electron chi connectivity index (χ2n) is 5.61. The van der Waals surface area contributed by atoms with Crippen molar-refractivity contribution in [2.24, 2.45) is 0 Å². The molecule has 9 heteroatoms. The van der Waals surface area contributed by atoms with E-state index < -0.39 is 5.97 Å². The van der Waals surface area contributed by atoms with Crippen LogP contribution in [0.15, 0.2) is 39.8 Å². The lowest BCUT2D eigenvalue weighted by Gasteiger charge is -2.09. The molecule has 26 heavy (non-hydrogen) atoms. The van der Waals surface area contributed by atoms with E-state index in [2.05, 4.69) is 20.7 Å². The van der Waals surface area contributed by atoms with E-state index in [4.69, 9.17) is 9.26 Å². The third-order valence-corrected chi connectivity index (χ3v) is 4.64. The highest BCUT2D eigenvalue weighted by atomic mass is 32.2. The molecule has 0 bridgehead atoms. The fourth-order valence-corrected chi connectivity index (χ4v) is 3.24. The molecule has 0 aliphatic carbocycles. The summed E-state index contributed by atoms with van der Waals surface area (Å²) in [7, 11) is 0. The van der Waals surface area contributed by atoms with Crippen LogP contribution >= 0.6 is 11.8 Å². The van der Waals surface area contributed by atoms with Crippen molar-refractivity contribution in [3.63, 3.8) is 0 Å². The molecule has 3 rings (SSSR count). The Labute approximate surface area is 154 Å². The van der Waals surface area contributed by atoms with Gasteiger partial charge in [0, 0.05) is 23.3 Å². The number of carbonyl (C=O) groups excluding carboxylic acids is 1. The quantitative estimate of drug-likeness (QED) is 0.439. The fourth-order valence-electron chi connectivity index (χ4n) is 2.32. The van der Waals surface area contributed by atoms with Crippen molar-refractivity contribution < 1.29 is 14.1 Å². The molecule has 0 saturated carbocycles. The van der Waals surface area contributed by atoms with Crippen molar-refractivity contribution in [3.05, 3.63) is 53.2 Å². The molecular weight excluding hydrogens is 354 g/mol. The van der Waals surface area contributed by atoms with Gasteiger partial charge in [0.1, 0.15) is 5.76 Å². The van der Waals surface area contributed by atoms with Crippen LogP contribution in [0.2, 0.25) is 0 Å². The Kier molecular flexibility index (Phi) is 6.00. The lowest BCUT2D eigenvalue weighted by Crippen LogP contribution is -2.11. The Morgan fingerprint density at radius 2 is 2.19 bits per heavy atom. The molecule has 1 aromatic carbocycles. The Hall–Kier alpha value is -2.68. The van der Waals surface area contributed by atoms with Gasteiger partial charge in [0.05, 0.1) is 11.3 Å². The summed E-state index contributed by atoms with van der Waals surface area (Å²) in [6.07, 6.45) is 0.896. The SMILES string of the molecule is CCCn1nnnc1COC(=O)c1ccccc1SCc1cc(C)on1. The second-order valence-corrected chi connectivity index (χ2v) is 6.63. The summed E-state index contributed by atoms with van der Waals surface area (Å²) < 4.78 is 12.1. The Morgan fingerprint density at radius 1 is 1.35 bits per heavy atom. The monoisotopic (exact) mass is 373 g/mol. The zero-order valence-electron chi connectivity index (χ0n) is 14.6. The van der Waals surface area contributed by atoms with E-state index in [1.807, 2.05) is 38.1 Å². The second kappa shape index (κ2) is 8.61. The number of hydrogen-bond acceptors (Lipinski definition) is 8. The van der Waals surface area contributed by atoms with E-state index in [0.717, 1.165) is 22.8 Å². The standard InChI is InChI=1S/C17H19N5O3S/c1-3-8-22-16(18-20-21-22)10-24-17(23)14-6-4-5-7-15(14)26-11-13-9-12(2)25-19-13/h4-7,9H,3,8,10-11H2,1-2H3. The largest absolute Gasteiger partial charge is 0.454 e. The first kappa shape index (κ1) is 18.1. The van der Waals surface area contributed by atoms with Crippen LogP contribution in [0.3, 0.4) is 0 Å². The molecule has 0 atom stereocenters. The summed E-state index contributed by atoms with van der Waals surface area (Å²) in [4.78, 5) is 13.3. The third-order valence-electron chi connectivity index (χ3n) is 3.53. The van der Waals surface area contributed by atoms with Gasteiger partial charge >= 0.3 is 5.97 Å². The molecule has 0 unspecified atom stereocenters. The summed E-state index contributed by atoms with van der Waals surface area (Å²) in [5.74, 6) is 1.49. The molecule has 2 aromatic heterocycles. The van der Waals surface area contributed by atoms with E-state index in [1.54, 1.807) is 10.7 Å². The van der Waals surface area contributed by atoms with Crippen molar-refractivity contribution >= 4 is 17.7 Å². The minimum atomic E-state index is -0.407. The molecule has 0 saturated heterocycles. The summed E-state index contributed by atoms with van der Waals surface area (Å²) in [5.41, 5.74) is 1.33. The summed E-state index contributed by atoms with van der Waals surface area (Å²) in [6, 6.07) is 9.20. The van der Waals surface area contributed by atoms with Gasteiger partial charge in [-0.1, -0.05) is 24.2 Å². The minimum absolute atomic E-state index is 0.0350. The zero-order chi connectivity index (χ0) is 18.4. The molecular formula is C17H19N5O3S. The zero-order valence-corrected chi connectivity index (χ0v) is 15.4. The van der Waals surface area contributed by atoms with Gasteiger partial charge in [0.25, 0.3) is 0 Å². The van der Waals surface area contributed by atoms with Gasteiger partial charge in [-0.15, -0.1) is 16.9 Å². The molecule has 0 spiro atoms. The van der Waals surface area contributed by atoms with E-state index in [1.165, 1.54) is 11.8 Å². The normalized spacial score (nSPS) is 10.8. The first-order chi connectivity index (χ1) is 12.7. The van der Waals surface area contributed by atoms with Crippen LogP contribution in [0.1, 0.15) is 41.0 Å². The van der Waals surface area contributed by atoms with Crippen LogP contribution in [-0.4, -0.2) is 31.3 Å². The van der Waals surface area contributed by atoms with Crippen LogP contribution in [0.4, 0.5) is 0 Å². The average molecular weight is 373 g/mol. The number of ether oxygens (including phenoxy) is 1. The minimum Gasteiger partial charge on any atom is -0.454 e. The van der Waals surface area contributed by atoms with Crippen LogP contribution in [0.25, 0.3) is 0 Å². The lowest BCUT2D eigenvalue weighted by molar-refractivity contribution is 0.0452. The summed E-state index contributed by atoms with van der Waals surface area (Å²) in [6.45, 7) is 4.59. The molecule has 8 nitrogen and oxygen atoms in total. The number of aromatic nitrogens is 5. The number of benzene rings is 1. The van der Waals surface area contributed by atoms with Crippen LogP contribution in [-0.2, 0) is 23.6 Å². The molecule has 0 radical (unpaired) electrons.